The predicted octanol–water partition coefficient (Wildman–Crippen LogP) is 4.48. The van der Waals surface area contributed by atoms with Crippen molar-refractivity contribution in [1.29, 1.82) is 0 Å². The van der Waals surface area contributed by atoms with Crippen LogP contribution in [0.1, 0.15) is 76.4 Å². The fourth-order valence-electron chi connectivity index (χ4n) is 4.35. The molecule has 3 N–H and O–H groups in total. The Morgan fingerprint density at radius 2 is 1.47 bits per heavy atom. The molecule has 0 aliphatic rings. The first-order valence-corrected chi connectivity index (χ1v) is 14.9. The van der Waals surface area contributed by atoms with Crippen LogP contribution >= 0.6 is 0 Å². The predicted molar refractivity (Wildman–Crippen MR) is 150 cm³/mol. The molecule has 208 valence electrons. The molecule has 2 heterocycles. The van der Waals surface area contributed by atoms with Gasteiger partial charge in [-0.25, -0.2) is 23.5 Å². The summed E-state index contributed by atoms with van der Waals surface area (Å²) in [5.41, 5.74) is 1.05. The van der Waals surface area contributed by atoms with Gasteiger partial charge in [-0.15, -0.1) is 0 Å². The Bertz CT molecular complexity index is 1240. The number of imidazole rings is 2. The van der Waals surface area contributed by atoms with Gasteiger partial charge < -0.3 is 19.4 Å². The van der Waals surface area contributed by atoms with E-state index >= 15 is 0 Å². The average Bonchev–Trinajstić information content (AvgIpc) is 3.47. The van der Waals surface area contributed by atoms with Crippen LogP contribution in [0.5, 0.6) is 0 Å². The number of sulfonamides is 1. The highest BCUT2D eigenvalue weighted by molar-refractivity contribution is 7.89. The molecule has 1 amide bonds. The number of primary sulfonamides is 1. The molecule has 0 radical (unpaired) electrons. The van der Waals surface area contributed by atoms with E-state index in [0.717, 1.165) is 30.9 Å². The van der Waals surface area contributed by atoms with Crippen LogP contribution in [0.3, 0.4) is 0 Å². The highest BCUT2D eigenvalue weighted by Gasteiger charge is 2.21. The molecule has 3 rings (SSSR count). The Balaban J connectivity index is 1.80. The Morgan fingerprint density at radius 3 is 1.97 bits per heavy atom. The highest BCUT2D eigenvalue weighted by Crippen LogP contribution is 2.31. The molecule has 0 bridgehead atoms. The van der Waals surface area contributed by atoms with E-state index in [4.69, 9.17) is 5.14 Å². The van der Waals surface area contributed by atoms with Crippen LogP contribution in [0.2, 0.25) is 0 Å². The lowest BCUT2D eigenvalue weighted by Gasteiger charge is -2.27. The van der Waals surface area contributed by atoms with Crippen molar-refractivity contribution in [2.75, 3.05) is 10.2 Å². The molecule has 1 aromatic carbocycles. The van der Waals surface area contributed by atoms with Crippen LogP contribution < -0.4 is 15.4 Å². The van der Waals surface area contributed by atoms with E-state index in [-0.39, 0.29) is 10.8 Å². The van der Waals surface area contributed by atoms with E-state index in [1.165, 1.54) is 44.2 Å². The van der Waals surface area contributed by atoms with Crippen molar-refractivity contribution in [1.82, 2.24) is 19.1 Å². The van der Waals surface area contributed by atoms with Crippen LogP contribution in [0.4, 0.5) is 11.4 Å². The molecule has 10 nitrogen and oxygen atoms in total. The summed E-state index contributed by atoms with van der Waals surface area (Å²) in [6, 6.07) is 4.53. The van der Waals surface area contributed by atoms with E-state index < -0.39 is 10.0 Å². The Hall–Kier alpha value is -3.18. The Kier molecular flexibility index (Phi) is 10.9. The minimum atomic E-state index is -3.95. The average molecular weight is 544 g/mol. The van der Waals surface area contributed by atoms with Crippen LogP contribution in [0, 0.1) is 0 Å². The van der Waals surface area contributed by atoms with Gasteiger partial charge in [0.05, 0.1) is 29.4 Å². The maximum absolute atomic E-state index is 12.9. The van der Waals surface area contributed by atoms with Gasteiger partial charge in [-0.1, -0.05) is 51.9 Å². The molecule has 0 atom stereocenters. The van der Waals surface area contributed by atoms with Gasteiger partial charge in [0.15, 0.2) is 0 Å². The first kappa shape index (κ1) is 29.4. The third kappa shape index (κ3) is 8.70. The summed E-state index contributed by atoms with van der Waals surface area (Å²) >= 11 is 0. The first-order valence-electron chi connectivity index (χ1n) is 13.3. The second-order valence-corrected chi connectivity index (χ2v) is 11.3. The molecule has 0 unspecified atom stereocenters. The fraction of sp³-hybridized carbons (Fsp3) is 0.519. The molecular weight excluding hydrogens is 502 g/mol. The summed E-state index contributed by atoms with van der Waals surface area (Å²) < 4.78 is 28.2. The van der Waals surface area contributed by atoms with Crippen molar-refractivity contribution >= 4 is 27.3 Å². The molecule has 0 spiro atoms. The maximum atomic E-state index is 12.9. The number of aryl methyl sites for hydroxylation is 2. The summed E-state index contributed by atoms with van der Waals surface area (Å²) in [6.45, 7) is 2.94. The molecular formula is C27H41N7O3S. The van der Waals surface area contributed by atoms with E-state index in [0.29, 0.717) is 30.9 Å². The quantitative estimate of drug-likeness (QED) is 0.256. The van der Waals surface area contributed by atoms with E-state index in [1.54, 1.807) is 18.5 Å². The minimum Gasteiger partial charge on any atom is -0.355 e. The molecule has 3 aromatic rings. The molecule has 0 aliphatic carbocycles. The van der Waals surface area contributed by atoms with Gasteiger partial charge in [-0.05, 0) is 24.6 Å². The lowest BCUT2D eigenvalue weighted by molar-refractivity contribution is -0.116. The topological polar surface area (TPSA) is 128 Å². The lowest BCUT2D eigenvalue weighted by Crippen LogP contribution is -2.27. The summed E-state index contributed by atoms with van der Waals surface area (Å²) in [7, 11) is -0.160. The van der Waals surface area contributed by atoms with E-state index in [2.05, 4.69) is 22.2 Å². The number of rotatable bonds is 16. The number of nitrogens with one attached hydrogen (secondary N) is 1. The monoisotopic (exact) mass is 543 g/mol. The number of carbonyl (C=O) groups is 1. The minimum absolute atomic E-state index is 0.0294. The van der Waals surface area contributed by atoms with Crippen LogP contribution in [-0.2, 0) is 42.0 Å². The van der Waals surface area contributed by atoms with E-state index in [1.807, 2.05) is 40.5 Å². The van der Waals surface area contributed by atoms with Gasteiger partial charge in [0.2, 0.25) is 15.9 Å². The second-order valence-electron chi connectivity index (χ2n) is 9.76. The number of nitrogens with zero attached hydrogens (tertiary/aromatic N) is 5. The number of nitrogens with two attached hydrogens (primary N) is 1. The number of anilines is 2. The third-order valence-electron chi connectivity index (χ3n) is 6.68. The number of amides is 1. The largest absolute Gasteiger partial charge is 0.355 e. The summed E-state index contributed by atoms with van der Waals surface area (Å²) in [6.07, 6.45) is 16.7. The molecule has 2 aromatic heterocycles. The number of hydrogen-bond donors (Lipinski definition) is 2. The lowest BCUT2D eigenvalue weighted by atomic mass is 10.1. The van der Waals surface area contributed by atoms with Gasteiger partial charge in [0.1, 0.15) is 11.6 Å². The van der Waals surface area contributed by atoms with Crippen molar-refractivity contribution in [2.24, 2.45) is 19.2 Å². The molecule has 0 saturated carbocycles. The molecule has 0 aliphatic heterocycles. The van der Waals surface area contributed by atoms with Gasteiger partial charge in [0.25, 0.3) is 0 Å². The third-order valence-corrected chi connectivity index (χ3v) is 7.59. The number of benzene rings is 1. The number of hydrogen-bond acceptors (Lipinski definition) is 6. The molecule has 0 fully saturated rings. The number of carbonyl (C=O) groups excluding carboxylic acids is 1. The van der Waals surface area contributed by atoms with Crippen molar-refractivity contribution in [3.8, 4) is 0 Å². The van der Waals surface area contributed by atoms with Gasteiger partial charge in [-0.2, -0.15) is 0 Å². The van der Waals surface area contributed by atoms with Gasteiger partial charge >= 0.3 is 0 Å². The van der Waals surface area contributed by atoms with Gasteiger partial charge in [-0.3, -0.25) is 4.79 Å². The van der Waals surface area contributed by atoms with Crippen molar-refractivity contribution < 1.29 is 13.2 Å². The van der Waals surface area contributed by atoms with E-state index in [9.17, 15) is 13.2 Å². The maximum Gasteiger partial charge on any atom is 0.238 e. The summed E-state index contributed by atoms with van der Waals surface area (Å²) in [5, 5.41) is 8.47. The fourth-order valence-corrected chi connectivity index (χ4v) is 4.89. The molecule has 38 heavy (non-hydrogen) atoms. The SMILES string of the molecule is CCCCCCCCCCC(=O)Nc1ccc(S(N)(=O)=O)cc1N(Cc1nccn1C)Cc1nccn1C. The van der Waals surface area contributed by atoms with Crippen molar-refractivity contribution in [3.05, 3.63) is 54.6 Å². The zero-order chi connectivity index (χ0) is 27.5. The van der Waals surface area contributed by atoms with Gasteiger partial charge in [0, 0.05) is 45.3 Å². The summed E-state index contributed by atoms with van der Waals surface area (Å²) in [4.78, 5) is 23.7. The Labute approximate surface area is 226 Å². The van der Waals surface area contributed by atoms with Crippen molar-refractivity contribution in [3.63, 3.8) is 0 Å². The zero-order valence-corrected chi connectivity index (χ0v) is 23.6. The smallest absolute Gasteiger partial charge is 0.238 e. The highest BCUT2D eigenvalue weighted by atomic mass is 32.2. The first-order chi connectivity index (χ1) is 18.2. The number of aromatic nitrogens is 4. The standard InChI is InChI=1S/C27H41N7O3S/c1-4-5-6-7-8-9-10-11-12-27(35)31-23-14-13-22(38(28,36)37)19-24(23)34(20-25-29-15-17-32(25)2)21-26-30-16-18-33(26)3/h13-19H,4-12,20-21H2,1-3H3,(H,31,35)(H2,28,36,37). The van der Waals surface area contributed by atoms with Crippen LogP contribution in [0.25, 0.3) is 0 Å². The van der Waals surface area contributed by atoms with Crippen LogP contribution in [-0.4, -0.2) is 33.4 Å². The Morgan fingerprint density at radius 1 is 0.921 bits per heavy atom. The molecule has 0 saturated heterocycles. The number of unbranched alkanes of at least 4 members (excludes halogenated alkanes) is 7. The molecule has 11 heteroatoms. The van der Waals surface area contributed by atoms with Crippen molar-refractivity contribution in [2.45, 2.75) is 82.7 Å². The summed E-state index contributed by atoms with van der Waals surface area (Å²) in [5.74, 6) is 1.45. The zero-order valence-electron chi connectivity index (χ0n) is 22.8. The second kappa shape index (κ2) is 14.1. The van der Waals surface area contributed by atoms with Crippen LogP contribution in [0.15, 0.2) is 47.9 Å². The normalized spacial score (nSPS) is 11.6.